The second-order valence-corrected chi connectivity index (χ2v) is 4.05. The van der Waals surface area contributed by atoms with Crippen molar-refractivity contribution in [2.45, 2.75) is 6.43 Å². The van der Waals surface area contributed by atoms with Crippen LogP contribution in [-0.4, -0.2) is 47.0 Å². The summed E-state index contributed by atoms with van der Waals surface area (Å²) in [5.41, 5.74) is 0.251. The van der Waals surface area contributed by atoms with Gasteiger partial charge in [-0.05, 0) is 28.1 Å². The number of carbonyl (C=O) groups is 1. The van der Waals surface area contributed by atoms with E-state index in [0.717, 1.165) is 4.90 Å². The lowest BCUT2D eigenvalue weighted by atomic mass is 10.2. The number of halogens is 3. The molecule has 1 aromatic heterocycles. The number of rotatable bonds is 5. The van der Waals surface area contributed by atoms with Gasteiger partial charge in [0.05, 0.1) is 13.2 Å². The fourth-order valence-corrected chi connectivity index (χ4v) is 1.65. The van der Waals surface area contributed by atoms with Crippen LogP contribution in [0.15, 0.2) is 22.9 Å². The SMILES string of the molecule is O=C(c1ccnc(Br)c1)N(CCO)CC(F)F. The van der Waals surface area contributed by atoms with Crippen LogP contribution in [0.25, 0.3) is 0 Å². The second kappa shape index (κ2) is 6.61. The zero-order valence-corrected chi connectivity index (χ0v) is 10.4. The third kappa shape index (κ3) is 4.35. The average Bonchev–Trinajstić information content (AvgIpc) is 2.27. The third-order valence-electron chi connectivity index (χ3n) is 1.99. The smallest absolute Gasteiger partial charge is 0.255 e. The summed E-state index contributed by atoms with van der Waals surface area (Å²) in [6, 6.07) is 2.88. The highest BCUT2D eigenvalue weighted by Gasteiger charge is 2.19. The van der Waals surface area contributed by atoms with Crippen molar-refractivity contribution in [2.75, 3.05) is 19.7 Å². The molecular formula is C10H11BrF2N2O2. The Balaban J connectivity index is 2.83. The monoisotopic (exact) mass is 308 g/mol. The predicted molar refractivity (Wildman–Crippen MR) is 60.9 cm³/mol. The summed E-state index contributed by atoms with van der Waals surface area (Å²) in [6.45, 7) is -1.17. The van der Waals surface area contributed by atoms with Crippen LogP contribution in [-0.2, 0) is 0 Å². The molecule has 94 valence electrons. The van der Waals surface area contributed by atoms with Gasteiger partial charge in [-0.2, -0.15) is 0 Å². The van der Waals surface area contributed by atoms with E-state index in [1.54, 1.807) is 0 Å². The Morgan fingerprint density at radius 1 is 1.59 bits per heavy atom. The lowest BCUT2D eigenvalue weighted by molar-refractivity contribution is 0.0509. The van der Waals surface area contributed by atoms with Crippen LogP contribution < -0.4 is 0 Å². The van der Waals surface area contributed by atoms with Gasteiger partial charge in [0, 0.05) is 18.3 Å². The number of nitrogens with zero attached hydrogens (tertiary/aromatic N) is 2. The molecule has 0 saturated heterocycles. The van der Waals surface area contributed by atoms with Gasteiger partial charge in [0.25, 0.3) is 12.3 Å². The molecule has 1 rings (SSSR count). The highest BCUT2D eigenvalue weighted by molar-refractivity contribution is 9.10. The minimum atomic E-state index is -2.63. The van der Waals surface area contributed by atoms with Crippen molar-refractivity contribution in [3.05, 3.63) is 28.5 Å². The van der Waals surface area contributed by atoms with Crippen molar-refractivity contribution in [1.29, 1.82) is 0 Å². The lowest BCUT2D eigenvalue weighted by Crippen LogP contribution is -2.37. The van der Waals surface area contributed by atoms with Crippen molar-refractivity contribution < 1.29 is 18.7 Å². The van der Waals surface area contributed by atoms with Gasteiger partial charge in [0.1, 0.15) is 4.60 Å². The van der Waals surface area contributed by atoms with E-state index >= 15 is 0 Å². The summed E-state index contributed by atoms with van der Waals surface area (Å²) in [6.07, 6.45) is -1.23. The van der Waals surface area contributed by atoms with Crippen LogP contribution in [0.2, 0.25) is 0 Å². The molecule has 0 aliphatic heterocycles. The fourth-order valence-electron chi connectivity index (χ4n) is 1.28. The first kappa shape index (κ1) is 14.0. The minimum Gasteiger partial charge on any atom is -0.395 e. The van der Waals surface area contributed by atoms with Crippen LogP contribution in [0.3, 0.4) is 0 Å². The van der Waals surface area contributed by atoms with Crippen LogP contribution in [0.4, 0.5) is 8.78 Å². The number of amides is 1. The Kier molecular flexibility index (Phi) is 5.43. The van der Waals surface area contributed by atoms with Gasteiger partial charge in [-0.15, -0.1) is 0 Å². The molecule has 0 aliphatic rings. The number of hydrogen-bond acceptors (Lipinski definition) is 3. The number of pyridine rings is 1. The molecule has 4 nitrogen and oxygen atoms in total. The van der Waals surface area contributed by atoms with Gasteiger partial charge in [0.15, 0.2) is 0 Å². The first-order chi connectivity index (χ1) is 8.04. The molecule has 1 amide bonds. The first-order valence-electron chi connectivity index (χ1n) is 4.84. The third-order valence-corrected chi connectivity index (χ3v) is 2.42. The first-order valence-corrected chi connectivity index (χ1v) is 5.63. The molecule has 0 aliphatic carbocycles. The number of aliphatic hydroxyl groups excluding tert-OH is 1. The Hall–Kier alpha value is -1.08. The molecule has 0 fully saturated rings. The summed E-state index contributed by atoms with van der Waals surface area (Å²) in [5, 5.41) is 8.74. The van der Waals surface area contributed by atoms with E-state index in [9.17, 15) is 13.6 Å². The van der Waals surface area contributed by atoms with E-state index in [-0.39, 0.29) is 18.7 Å². The predicted octanol–water partition coefficient (Wildman–Crippen LogP) is 1.54. The van der Waals surface area contributed by atoms with Gasteiger partial charge in [-0.1, -0.05) is 0 Å². The van der Waals surface area contributed by atoms with E-state index < -0.39 is 18.9 Å². The molecule has 0 unspecified atom stereocenters. The topological polar surface area (TPSA) is 53.4 Å². The highest BCUT2D eigenvalue weighted by Crippen LogP contribution is 2.11. The highest BCUT2D eigenvalue weighted by atomic mass is 79.9. The molecule has 1 heterocycles. The fraction of sp³-hybridized carbons (Fsp3) is 0.400. The van der Waals surface area contributed by atoms with Crippen LogP contribution >= 0.6 is 15.9 Å². The van der Waals surface area contributed by atoms with E-state index in [2.05, 4.69) is 20.9 Å². The summed E-state index contributed by atoms with van der Waals surface area (Å²) in [4.78, 5) is 16.6. The van der Waals surface area contributed by atoms with E-state index in [4.69, 9.17) is 5.11 Å². The number of alkyl halides is 2. The van der Waals surface area contributed by atoms with Crippen LogP contribution in [0.1, 0.15) is 10.4 Å². The molecule has 0 atom stereocenters. The molecule has 17 heavy (non-hydrogen) atoms. The summed E-state index contributed by atoms with van der Waals surface area (Å²) in [5.74, 6) is -0.553. The zero-order chi connectivity index (χ0) is 12.8. The van der Waals surface area contributed by atoms with E-state index in [0.29, 0.717) is 4.60 Å². The molecule has 0 spiro atoms. The Morgan fingerprint density at radius 3 is 2.82 bits per heavy atom. The van der Waals surface area contributed by atoms with Crippen molar-refractivity contribution in [3.8, 4) is 0 Å². The molecular weight excluding hydrogens is 298 g/mol. The molecule has 0 aromatic carbocycles. The van der Waals surface area contributed by atoms with Crippen molar-refractivity contribution >= 4 is 21.8 Å². The van der Waals surface area contributed by atoms with Crippen molar-refractivity contribution in [3.63, 3.8) is 0 Å². The number of carbonyl (C=O) groups excluding carboxylic acids is 1. The molecule has 1 aromatic rings. The minimum absolute atomic E-state index is 0.122. The van der Waals surface area contributed by atoms with Gasteiger partial charge in [-0.25, -0.2) is 13.8 Å². The standard InChI is InChI=1S/C10H11BrF2N2O2/c11-8-5-7(1-2-14-8)10(17)15(3-4-16)6-9(12)13/h1-2,5,9,16H,3-4,6H2. The summed E-state index contributed by atoms with van der Waals surface area (Å²) in [7, 11) is 0. The maximum atomic E-state index is 12.3. The van der Waals surface area contributed by atoms with Gasteiger partial charge >= 0.3 is 0 Å². The average molecular weight is 309 g/mol. The zero-order valence-electron chi connectivity index (χ0n) is 8.81. The van der Waals surface area contributed by atoms with Gasteiger partial charge in [-0.3, -0.25) is 4.79 Å². The Bertz CT molecular complexity index is 390. The summed E-state index contributed by atoms with van der Waals surface area (Å²) >= 11 is 3.09. The van der Waals surface area contributed by atoms with E-state index in [1.165, 1.54) is 18.3 Å². The maximum Gasteiger partial charge on any atom is 0.255 e. The molecule has 1 N–H and O–H groups in total. The Labute approximate surface area is 105 Å². The maximum absolute atomic E-state index is 12.3. The van der Waals surface area contributed by atoms with E-state index in [1.807, 2.05) is 0 Å². The molecule has 0 bridgehead atoms. The normalized spacial score (nSPS) is 10.6. The Morgan fingerprint density at radius 2 is 2.29 bits per heavy atom. The summed E-state index contributed by atoms with van der Waals surface area (Å²) < 4.78 is 25.0. The second-order valence-electron chi connectivity index (χ2n) is 3.23. The van der Waals surface area contributed by atoms with Crippen molar-refractivity contribution in [1.82, 2.24) is 9.88 Å². The lowest BCUT2D eigenvalue weighted by Gasteiger charge is -2.21. The van der Waals surface area contributed by atoms with Crippen LogP contribution in [0.5, 0.6) is 0 Å². The largest absolute Gasteiger partial charge is 0.395 e. The van der Waals surface area contributed by atoms with Gasteiger partial charge < -0.3 is 10.0 Å². The van der Waals surface area contributed by atoms with Crippen LogP contribution in [0, 0.1) is 0 Å². The number of aliphatic hydroxyl groups is 1. The quantitative estimate of drug-likeness (QED) is 0.840. The number of hydrogen-bond donors (Lipinski definition) is 1. The number of aromatic nitrogens is 1. The molecule has 0 saturated carbocycles. The van der Waals surface area contributed by atoms with Gasteiger partial charge in [0.2, 0.25) is 0 Å². The molecule has 0 radical (unpaired) electrons. The van der Waals surface area contributed by atoms with Crippen molar-refractivity contribution in [2.24, 2.45) is 0 Å². The molecule has 7 heteroatoms.